The van der Waals surface area contributed by atoms with E-state index in [1.54, 1.807) is 0 Å². The van der Waals surface area contributed by atoms with Gasteiger partial charge in [0.25, 0.3) is 5.91 Å². The maximum atomic E-state index is 14.0. The molecule has 0 bridgehead atoms. The lowest BCUT2D eigenvalue weighted by atomic mass is 10.0. The molecule has 0 radical (unpaired) electrons. The van der Waals surface area contributed by atoms with Gasteiger partial charge in [-0.1, -0.05) is 60.8 Å². The molecule has 0 atom stereocenters. The van der Waals surface area contributed by atoms with Crippen molar-refractivity contribution in [1.82, 2.24) is 0 Å². The summed E-state index contributed by atoms with van der Waals surface area (Å²) in [5, 5.41) is 1.60. The first kappa shape index (κ1) is 24.0. The summed E-state index contributed by atoms with van der Waals surface area (Å²) in [5.41, 5.74) is -2.49. The Labute approximate surface area is 187 Å². The summed E-state index contributed by atoms with van der Waals surface area (Å²) in [5.74, 6) is -3.31. The molecule has 0 saturated carbocycles. The molecule has 0 fully saturated rings. The van der Waals surface area contributed by atoms with Gasteiger partial charge in [0.05, 0.1) is 26.9 Å². The summed E-state index contributed by atoms with van der Waals surface area (Å²) in [6.45, 7) is 0. The van der Waals surface area contributed by atoms with Crippen LogP contribution in [-0.2, 0) is 0 Å². The van der Waals surface area contributed by atoms with Crippen molar-refractivity contribution in [3.05, 3.63) is 93.2 Å². The highest BCUT2D eigenvalue weighted by atomic mass is 35.5. The van der Waals surface area contributed by atoms with Crippen molar-refractivity contribution in [2.45, 2.75) is 4.90 Å². The normalized spacial score (nSPS) is 13.8. The van der Waals surface area contributed by atoms with Crippen LogP contribution >= 0.6 is 33.4 Å². The van der Waals surface area contributed by atoms with Crippen LogP contribution in [0.15, 0.2) is 65.6 Å². The maximum Gasteiger partial charge on any atom is 0.310 e. The van der Waals surface area contributed by atoms with Crippen LogP contribution in [0.2, 0.25) is 10.0 Å². The van der Waals surface area contributed by atoms with Crippen molar-refractivity contribution in [3.63, 3.8) is 0 Å². The van der Waals surface area contributed by atoms with E-state index in [9.17, 15) is 33.4 Å². The van der Waals surface area contributed by atoms with Gasteiger partial charge in [-0.05, 0) is 42.5 Å². The highest BCUT2D eigenvalue weighted by Crippen LogP contribution is 3.02. The molecular weight excluding hydrogens is 503 g/mol. The van der Waals surface area contributed by atoms with Gasteiger partial charge < -0.3 is 5.32 Å². The van der Waals surface area contributed by atoms with Crippen LogP contribution in [0.25, 0.3) is 0 Å². The second-order valence-electron chi connectivity index (χ2n) is 6.54. The highest BCUT2D eigenvalue weighted by molar-refractivity contribution is 8.45. The first-order chi connectivity index (χ1) is 14.6. The lowest BCUT2D eigenvalue weighted by Gasteiger charge is -2.40. The van der Waals surface area contributed by atoms with Crippen LogP contribution in [0.5, 0.6) is 0 Å². The van der Waals surface area contributed by atoms with Gasteiger partial charge in [0.15, 0.2) is 5.78 Å². The molecule has 3 aromatic rings. The van der Waals surface area contributed by atoms with Gasteiger partial charge in [0.2, 0.25) is 0 Å². The Balaban J connectivity index is 2.18. The fourth-order valence-electron chi connectivity index (χ4n) is 2.75. The van der Waals surface area contributed by atoms with Gasteiger partial charge in [0, 0.05) is 5.56 Å². The summed E-state index contributed by atoms with van der Waals surface area (Å²) in [4.78, 5) is 23.0. The van der Waals surface area contributed by atoms with Crippen molar-refractivity contribution in [3.8, 4) is 0 Å². The Hall–Kier alpha value is -2.69. The van der Waals surface area contributed by atoms with Gasteiger partial charge in [-0.25, -0.2) is 4.39 Å². The van der Waals surface area contributed by atoms with Crippen LogP contribution in [0, 0.1) is 5.82 Å². The van der Waals surface area contributed by atoms with Crippen molar-refractivity contribution in [2.75, 3.05) is 5.32 Å². The van der Waals surface area contributed by atoms with E-state index in [2.05, 4.69) is 0 Å². The molecule has 0 unspecified atom stereocenters. The standard InChI is InChI=1S/C20H11Cl2F6NO2S/c21-14-5-3-6-15(22)18(14)20(31)29-17-10-11(32(24,25,26,27)28)8-9-13(17)19(30)12-4-1-2-7-16(12)23/h1-10H,(H,29,31). The second kappa shape index (κ2) is 7.43. The second-order valence-corrected chi connectivity index (χ2v) is 9.76. The van der Waals surface area contributed by atoms with Gasteiger partial charge in [0.1, 0.15) is 10.7 Å². The molecular formula is C20H11Cl2F6NO2S. The van der Waals surface area contributed by atoms with Crippen molar-refractivity contribution in [2.24, 2.45) is 0 Å². The molecule has 32 heavy (non-hydrogen) atoms. The molecule has 0 aliphatic carbocycles. The third kappa shape index (κ3) is 5.03. The van der Waals surface area contributed by atoms with Crippen LogP contribution < -0.4 is 5.32 Å². The molecule has 170 valence electrons. The molecule has 0 spiro atoms. The van der Waals surface area contributed by atoms with Gasteiger partial charge in [-0.15, -0.1) is 0 Å². The molecule has 1 amide bonds. The Morgan fingerprint density at radius 2 is 1.38 bits per heavy atom. The third-order valence-corrected chi connectivity index (χ3v) is 6.01. The van der Waals surface area contributed by atoms with Crippen molar-refractivity contribution < 1.29 is 33.4 Å². The van der Waals surface area contributed by atoms with E-state index in [4.69, 9.17) is 23.2 Å². The Morgan fingerprint density at radius 3 is 1.94 bits per heavy atom. The molecule has 0 aromatic heterocycles. The zero-order valence-corrected chi connectivity index (χ0v) is 17.9. The summed E-state index contributed by atoms with van der Waals surface area (Å²) >= 11 is 11.8. The number of ketones is 1. The van der Waals surface area contributed by atoms with Crippen molar-refractivity contribution >= 4 is 50.8 Å². The third-order valence-electron chi connectivity index (χ3n) is 4.24. The number of rotatable bonds is 5. The summed E-state index contributed by atoms with van der Waals surface area (Å²) in [7, 11) is -10.2. The number of hydrogen-bond donors (Lipinski definition) is 1. The Kier molecular flexibility index (Phi) is 5.56. The Morgan fingerprint density at radius 1 is 0.781 bits per heavy atom. The van der Waals surface area contributed by atoms with Gasteiger partial charge in [-0.3, -0.25) is 9.59 Å². The number of carbonyl (C=O) groups excluding carboxylic acids is 2. The number of nitrogens with one attached hydrogen (secondary N) is 1. The Bertz CT molecular complexity index is 1250. The largest absolute Gasteiger partial charge is 0.321 e. The molecule has 3 aromatic carbocycles. The maximum absolute atomic E-state index is 14.0. The molecule has 0 saturated heterocycles. The number of amides is 1. The van der Waals surface area contributed by atoms with Gasteiger partial charge in [-0.2, -0.15) is 0 Å². The average molecular weight is 514 g/mol. The smallest absolute Gasteiger partial charge is 0.310 e. The fraction of sp³-hybridized carbons (Fsp3) is 0. The molecule has 0 aliphatic heterocycles. The molecule has 3 rings (SSSR count). The minimum atomic E-state index is -10.2. The van der Waals surface area contributed by atoms with Crippen molar-refractivity contribution in [1.29, 1.82) is 0 Å². The topological polar surface area (TPSA) is 46.2 Å². The number of anilines is 1. The summed E-state index contributed by atoms with van der Waals surface area (Å²) < 4.78 is 80.7. The summed E-state index contributed by atoms with van der Waals surface area (Å²) in [6, 6.07) is 8.80. The molecule has 1 N–H and O–H groups in total. The number of halogens is 8. The summed E-state index contributed by atoms with van der Waals surface area (Å²) in [6.07, 6.45) is 0. The van der Waals surface area contributed by atoms with Gasteiger partial charge >= 0.3 is 10.2 Å². The van der Waals surface area contributed by atoms with Crippen LogP contribution in [0.4, 0.5) is 29.5 Å². The first-order valence-electron chi connectivity index (χ1n) is 8.51. The first-order valence-corrected chi connectivity index (χ1v) is 11.2. The molecule has 0 heterocycles. The van der Waals surface area contributed by atoms with Crippen LogP contribution in [0.1, 0.15) is 26.3 Å². The lowest BCUT2D eigenvalue weighted by molar-refractivity contribution is 0.102. The minimum Gasteiger partial charge on any atom is -0.321 e. The SMILES string of the molecule is O=C(c1ccccc1F)c1ccc(S(F)(F)(F)(F)F)cc1NC(=O)c1c(Cl)cccc1Cl. The number of hydrogen-bond acceptors (Lipinski definition) is 2. The highest BCUT2D eigenvalue weighted by Gasteiger charge is 2.65. The quantitative estimate of drug-likeness (QED) is 0.275. The number of benzene rings is 3. The minimum absolute atomic E-state index is 0.00619. The monoisotopic (exact) mass is 513 g/mol. The predicted octanol–water partition coefficient (Wildman–Crippen LogP) is 8.27. The van der Waals surface area contributed by atoms with Crippen LogP contribution in [-0.4, -0.2) is 11.7 Å². The van der Waals surface area contributed by atoms with E-state index in [1.165, 1.54) is 30.3 Å². The van der Waals surface area contributed by atoms with E-state index in [-0.39, 0.29) is 27.7 Å². The van der Waals surface area contributed by atoms with Crippen LogP contribution in [0.3, 0.4) is 0 Å². The lowest BCUT2D eigenvalue weighted by Crippen LogP contribution is -2.18. The van der Waals surface area contributed by atoms with E-state index >= 15 is 0 Å². The van der Waals surface area contributed by atoms with E-state index in [1.807, 2.05) is 5.32 Å². The predicted molar refractivity (Wildman–Crippen MR) is 112 cm³/mol. The zero-order chi connectivity index (χ0) is 24.0. The number of carbonyl (C=O) groups is 2. The van der Waals surface area contributed by atoms with E-state index < -0.39 is 49.4 Å². The van der Waals surface area contributed by atoms with E-state index in [0.717, 1.165) is 12.1 Å². The molecule has 3 nitrogen and oxygen atoms in total. The van der Waals surface area contributed by atoms with E-state index in [0.29, 0.717) is 6.07 Å². The molecule has 12 heteroatoms. The zero-order valence-electron chi connectivity index (χ0n) is 15.5. The fourth-order valence-corrected chi connectivity index (χ4v) is 3.99. The molecule has 0 aliphatic rings. The average Bonchev–Trinajstić information content (AvgIpc) is 2.66.